The first kappa shape index (κ1) is 26.1. The molecule has 1 aliphatic heterocycles. The molecule has 0 spiro atoms. The average molecular weight is 529 g/mol. The molecule has 0 fully saturated rings. The van der Waals surface area contributed by atoms with E-state index in [1.165, 1.54) is 0 Å². The standard InChI is InChI=1S/C32H32O7/c1-37-29-14-11-23(34)16-27(29)30-13-7-21-15-26(28(36)18-32(21)39-30)25(19-3-8-22(33)9-4-19)12-6-20-5-10-24(35)17-31(20)38-2/h3-5,8-11,14-18,25,30,33-36H,6-7,12-13H2,1-2H3. The van der Waals surface area contributed by atoms with Crippen molar-refractivity contribution in [2.45, 2.75) is 37.7 Å². The summed E-state index contributed by atoms with van der Waals surface area (Å²) < 4.78 is 17.2. The molecular weight excluding hydrogens is 496 g/mol. The molecule has 0 bridgehead atoms. The number of ether oxygens (including phenoxy) is 3. The molecule has 0 aliphatic carbocycles. The fraction of sp³-hybridized carbons (Fsp3) is 0.250. The summed E-state index contributed by atoms with van der Waals surface area (Å²) in [6.07, 6.45) is 2.38. The van der Waals surface area contributed by atoms with Gasteiger partial charge in [-0.25, -0.2) is 0 Å². The maximum absolute atomic E-state index is 11.2. The summed E-state index contributed by atoms with van der Waals surface area (Å²) in [7, 11) is 3.16. The van der Waals surface area contributed by atoms with Crippen LogP contribution in [0.15, 0.2) is 72.8 Å². The fourth-order valence-corrected chi connectivity index (χ4v) is 5.36. The quantitative estimate of drug-likeness (QED) is 0.211. The highest BCUT2D eigenvalue weighted by atomic mass is 16.5. The van der Waals surface area contributed by atoms with Crippen LogP contribution >= 0.6 is 0 Å². The third kappa shape index (κ3) is 5.53. The summed E-state index contributed by atoms with van der Waals surface area (Å²) in [6, 6.07) is 20.7. The van der Waals surface area contributed by atoms with Crippen molar-refractivity contribution in [1.82, 2.24) is 0 Å². The molecular formula is C32H32O7. The summed E-state index contributed by atoms with van der Waals surface area (Å²) in [5, 5.41) is 41.0. The van der Waals surface area contributed by atoms with E-state index >= 15 is 0 Å². The summed E-state index contributed by atoms with van der Waals surface area (Å²) in [6.45, 7) is 0. The van der Waals surface area contributed by atoms with Crippen LogP contribution in [0.2, 0.25) is 0 Å². The number of aromatic hydroxyl groups is 4. The van der Waals surface area contributed by atoms with Crippen LogP contribution in [0.5, 0.6) is 40.2 Å². The topological polar surface area (TPSA) is 109 Å². The third-order valence-electron chi connectivity index (χ3n) is 7.36. The monoisotopic (exact) mass is 528 g/mol. The van der Waals surface area contributed by atoms with Crippen molar-refractivity contribution in [2.75, 3.05) is 14.2 Å². The van der Waals surface area contributed by atoms with Crippen molar-refractivity contribution in [1.29, 1.82) is 0 Å². The molecule has 202 valence electrons. The molecule has 0 saturated carbocycles. The van der Waals surface area contributed by atoms with E-state index in [-0.39, 0.29) is 35.0 Å². The number of phenols is 4. The number of aryl methyl sites for hydroxylation is 2. The molecule has 5 rings (SSSR count). The second kappa shape index (κ2) is 11.1. The van der Waals surface area contributed by atoms with Gasteiger partial charge in [-0.05, 0) is 84.8 Å². The van der Waals surface area contributed by atoms with E-state index in [9.17, 15) is 20.4 Å². The Bertz CT molecular complexity index is 1460. The molecule has 4 aromatic rings. The predicted octanol–water partition coefficient (Wildman–Crippen LogP) is 6.36. The lowest BCUT2D eigenvalue weighted by Gasteiger charge is -2.29. The molecule has 2 atom stereocenters. The van der Waals surface area contributed by atoms with Crippen molar-refractivity contribution in [3.63, 3.8) is 0 Å². The largest absolute Gasteiger partial charge is 0.508 e. The highest BCUT2D eigenvalue weighted by molar-refractivity contribution is 5.52. The van der Waals surface area contributed by atoms with E-state index in [2.05, 4.69) is 0 Å². The van der Waals surface area contributed by atoms with Gasteiger partial charge in [-0.15, -0.1) is 0 Å². The summed E-state index contributed by atoms with van der Waals surface area (Å²) in [4.78, 5) is 0. The Morgan fingerprint density at radius 2 is 1.49 bits per heavy atom. The Morgan fingerprint density at radius 3 is 2.23 bits per heavy atom. The van der Waals surface area contributed by atoms with Gasteiger partial charge in [0.2, 0.25) is 0 Å². The number of phenolic OH excluding ortho intramolecular Hbond substituents is 4. The first-order chi connectivity index (χ1) is 18.9. The van der Waals surface area contributed by atoms with E-state index < -0.39 is 0 Å². The minimum atomic E-state index is -0.320. The van der Waals surface area contributed by atoms with Gasteiger partial charge in [0, 0.05) is 29.2 Å². The Hall–Kier alpha value is -4.52. The normalized spacial score (nSPS) is 15.2. The van der Waals surface area contributed by atoms with Gasteiger partial charge in [0.05, 0.1) is 14.2 Å². The average Bonchev–Trinajstić information content (AvgIpc) is 2.94. The third-order valence-corrected chi connectivity index (χ3v) is 7.36. The number of hydrogen-bond donors (Lipinski definition) is 4. The van der Waals surface area contributed by atoms with Gasteiger partial charge in [0.1, 0.15) is 46.4 Å². The minimum Gasteiger partial charge on any atom is -0.508 e. The molecule has 1 heterocycles. The fourth-order valence-electron chi connectivity index (χ4n) is 5.36. The van der Waals surface area contributed by atoms with Crippen LogP contribution in [0.1, 0.15) is 52.7 Å². The molecule has 4 N–H and O–H groups in total. The lowest BCUT2D eigenvalue weighted by molar-refractivity contribution is 0.171. The lowest BCUT2D eigenvalue weighted by Crippen LogP contribution is -2.16. The van der Waals surface area contributed by atoms with Crippen molar-refractivity contribution in [3.8, 4) is 40.2 Å². The second-order valence-corrected chi connectivity index (χ2v) is 9.77. The van der Waals surface area contributed by atoms with E-state index in [4.69, 9.17) is 14.2 Å². The zero-order chi connectivity index (χ0) is 27.5. The molecule has 7 heteroatoms. The van der Waals surface area contributed by atoms with Crippen LogP contribution < -0.4 is 14.2 Å². The Balaban J connectivity index is 1.47. The zero-order valence-electron chi connectivity index (χ0n) is 21.9. The Labute approximate surface area is 227 Å². The molecule has 39 heavy (non-hydrogen) atoms. The van der Waals surface area contributed by atoms with E-state index in [0.29, 0.717) is 36.5 Å². The van der Waals surface area contributed by atoms with Gasteiger partial charge < -0.3 is 34.6 Å². The molecule has 0 saturated heterocycles. The van der Waals surface area contributed by atoms with Gasteiger partial charge in [0.25, 0.3) is 0 Å². The van der Waals surface area contributed by atoms with Gasteiger partial charge in [0.15, 0.2) is 0 Å². The maximum atomic E-state index is 11.2. The second-order valence-electron chi connectivity index (χ2n) is 9.77. The highest BCUT2D eigenvalue weighted by Crippen LogP contribution is 2.45. The highest BCUT2D eigenvalue weighted by Gasteiger charge is 2.28. The molecule has 7 nitrogen and oxygen atoms in total. The smallest absolute Gasteiger partial charge is 0.128 e. The SMILES string of the molecule is COc1cc(O)ccc1CCC(c1ccc(O)cc1)c1cc2c(cc1O)OC(c1cc(O)ccc1OC)CC2. The number of rotatable bonds is 8. The van der Waals surface area contributed by atoms with E-state index in [1.807, 2.05) is 24.3 Å². The Morgan fingerprint density at radius 1 is 0.795 bits per heavy atom. The number of methoxy groups -OCH3 is 2. The summed E-state index contributed by atoms with van der Waals surface area (Å²) in [5.74, 6) is 2.25. The van der Waals surface area contributed by atoms with Gasteiger partial charge in [-0.2, -0.15) is 0 Å². The van der Waals surface area contributed by atoms with Crippen molar-refractivity contribution < 1.29 is 34.6 Å². The minimum absolute atomic E-state index is 0.119. The number of hydrogen-bond acceptors (Lipinski definition) is 7. The van der Waals surface area contributed by atoms with Crippen LogP contribution in [-0.2, 0) is 12.8 Å². The molecule has 0 radical (unpaired) electrons. The summed E-state index contributed by atoms with van der Waals surface area (Å²) >= 11 is 0. The lowest BCUT2D eigenvalue weighted by atomic mass is 9.84. The molecule has 0 amide bonds. The summed E-state index contributed by atoms with van der Waals surface area (Å²) in [5.41, 5.74) is 4.43. The van der Waals surface area contributed by atoms with Crippen LogP contribution in [0.3, 0.4) is 0 Å². The van der Waals surface area contributed by atoms with Gasteiger partial charge >= 0.3 is 0 Å². The van der Waals surface area contributed by atoms with E-state index in [0.717, 1.165) is 34.2 Å². The van der Waals surface area contributed by atoms with Crippen molar-refractivity contribution >= 4 is 0 Å². The zero-order valence-corrected chi connectivity index (χ0v) is 21.9. The van der Waals surface area contributed by atoms with E-state index in [1.54, 1.807) is 62.8 Å². The first-order valence-electron chi connectivity index (χ1n) is 12.9. The van der Waals surface area contributed by atoms with Crippen LogP contribution in [0.25, 0.3) is 0 Å². The van der Waals surface area contributed by atoms with Gasteiger partial charge in [-0.1, -0.05) is 18.2 Å². The van der Waals surface area contributed by atoms with Crippen LogP contribution in [0.4, 0.5) is 0 Å². The first-order valence-corrected chi connectivity index (χ1v) is 12.9. The van der Waals surface area contributed by atoms with Crippen molar-refractivity contribution in [3.05, 3.63) is 101 Å². The molecule has 1 aliphatic rings. The number of fused-ring (bicyclic) bond motifs is 1. The molecule has 4 aromatic carbocycles. The van der Waals surface area contributed by atoms with Crippen molar-refractivity contribution in [2.24, 2.45) is 0 Å². The Kier molecular flexibility index (Phi) is 7.41. The maximum Gasteiger partial charge on any atom is 0.128 e. The molecule has 0 aromatic heterocycles. The number of benzene rings is 4. The molecule has 2 unspecified atom stereocenters. The van der Waals surface area contributed by atoms with Gasteiger partial charge in [-0.3, -0.25) is 0 Å². The van der Waals surface area contributed by atoms with Crippen LogP contribution in [0, 0.1) is 0 Å². The van der Waals surface area contributed by atoms with Crippen LogP contribution in [-0.4, -0.2) is 34.6 Å². The predicted molar refractivity (Wildman–Crippen MR) is 147 cm³/mol.